The Balaban J connectivity index is 3.82. The normalized spacial score (nSPS) is 12.9. The van der Waals surface area contributed by atoms with Crippen LogP contribution in [-0.2, 0) is 9.53 Å². The third kappa shape index (κ3) is 8.50. The summed E-state index contributed by atoms with van der Waals surface area (Å²) >= 11 is 0. The van der Waals surface area contributed by atoms with E-state index >= 15 is 0 Å². The first-order valence-corrected chi connectivity index (χ1v) is 5.58. The predicted molar refractivity (Wildman–Crippen MR) is 64.0 cm³/mol. The van der Waals surface area contributed by atoms with E-state index in [0.29, 0.717) is 13.0 Å². The molecular weight excluding hydrogens is 224 g/mol. The second kappa shape index (κ2) is 7.11. The molecule has 1 unspecified atom stereocenters. The quantitative estimate of drug-likeness (QED) is 0.624. The van der Waals surface area contributed by atoms with Gasteiger partial charge in [-0.3, -0.25) is 4.79 Å². The lowest BCUT2D eigenvalue weighted by molar-refractivity contribution is -0.137. The van der Waals surface area contributed by atoms with Crippen molar-refractivity contribution in [2.75, 3.05) is 13.7 Å². The molecule has 0 aromatic rings. The van der Waals surface area contributed by atoms with Crippen LogP contribution in [0, 0.1) is 0 Å². The maximum Gasteiger partial charge on any atom is 0.315 e. The zero-order chi connectivity index (χ0) is 13.5. The molecule has 0 aromatic carbocycles. The van der Waals surface area contributed by atoms with Crippen LogP contribution < -0.4 is 10.6 Å². The van der Waals surface area contributed by atoms with Crippen molar-refractivity contribution < 1.29 is 19.4 Å². The van der Waals surface area contributed by atoms with E-state index < -0.39 is 11.6 Å². The second-order valence-corrected chi connectivity index (χ2v) is 4.62. The molecule has 3 N–H and O–H groups in total. The smallest absolute Gasteiger partial charge is 0.315 e. The molecule has 17 heavy (non-hydrogen) atoms. The lowest BCUT2D eigenvalue weighted by Gasteiger charge is -2.23. The Morgan fingerprint density at radius 2 is 2.00 bits per heavy atom. The highest BCUT2D eigenvalue weighted by Gasteiger charge is 2.17. The Morgan fingerprint density at radius 1 is 1.41 bits per heavy atom. The fourth-order valence-corrected chi connectivity index (χ4v) is 1.05. The van der Waals surface area contributed by atoms with E-state index in [0.717, 1.165) is 0 Å². The van der Waals surface area contributed by atoms with E-state index in [2.05, 4.69) is 10.6 Å². The van der Waals surface area contributed by atoms with Gasteiger partial charge in [0.25, 0.3) is 0 Å². The number of amides is 2. The minimum atomic E-state index is -0.862. The fourth-order valence-electron chi connectivity index (χ4n) is 1.05. The van der Waals surface area contributed by atoms with E-state index in [1.807, 2.05) is 13.8 Å². The average Bonchev–Trinajstić information content (AvgIpc) is 2.24. The summed E-state index contributed by atoms with van der Waals surface area (Å²) in [6.07, 6.45) is 0.460. The molecule has 0 radical (unpaired) electrons. The van der Waals surface area contributed by atoms with Crippen molar-refractivity contribution in [2.24, 2.45) is 0 Å². The highest BCUT2D eigenvalue weighted by atomic mass is 16.5. The highest BCUT2D eigenvalue weighted by molar-refractivity contribution is 5.74. The summed E-state index contributed by atoms with van der Waals surface area (Å²) in [5.74, 6) is -0.862. The zero-order valence-electron chi connectivity index (χ0n) is 10.9. The maximum atomic E-state index is 11.4. The Kier molecular flexibility index (Phi) is 6.57. The van der Waals surface area contributed by atoms with Gasteiger partial charge in [0.05, 0.1) is 5.60 Å². The van der Waals surface area contributed by atoms with Gasteiger partial charge >= 0.3 is 12.0 Å². The zero-order valence-corrected chi connectivity index (χ0v) is 10.9. The van der Waals surface area contributed by atoms with Crippen LogP contribution in [0.3, 0.4) is 0 Å². The number of rotatable bonds is 7. The van der Waals surface area contributed by atoms with E-state index in [-0.39, 0.29) is 18.5 Å². The molecule has 1 atom stereocenters. The lowest BCUT2D eigenvalue weighted by atomic mass is 10.1. The molecule has 0 rings (SSSR count). The van der Waals surface area contributed by atoms with E-state index in [4.69, 9.17) is 9.84 Å². The summed E-state index contributed by atoms with van der Waals surface area (Å²) in [6.45, 7) is 5.88. The molecule has 100 valence electrons. The van der Waals surface area contributed by atoms with Crippen molar-refractivity contribution in [3.8, 4) is 0 Å². The number of carboxylic acids is 1. The molecule has 0 aliphatic carbocycles. The summed E-state index contributed by atoms with van der Waals surface area (Å²) in [6, 6.07) is -0.482. The van der Waals surface area contributed by atoms with Gasteiger partial charge in [0.15, 0.2) is 0 Å². The molecule has 6 heteroatoms. The summed E-state index contributed by atoms with van der Waals surface area (Å²) in [4.78, 5) is 21.8. The molecule has 0 aliphatic heterocycles. The number of urea groups is 1. The SMILES string of the molecule is COC(C)(C)CNC(=O)NC(C)CCC(=O)O. The summed E-state index contributed by atoms with van der Waals surface area (Å²) in [5.41, 5.74) is -0.415. The Bertz CT molecular complexity index is 266. The number of methoxy groups -OCH3 is 1. The van der Waals surface area contributed by atoms with Crippen LogP contribution in [0.4, 0.5) is 4.79 Å². The van der Waals surface area contributed by atoms with Crippen LogP contribution >= 0.6 is 0 Å². The average molecular weight is 246 g/mol. The van der Waals surface area contributed by atoms with Gasteiger partial charge in [0.1, 0.15) is 0 Å². The number of hydrogen-bond donors (Lipinski definition) is 3. The molecule has 6 nitrogen and oxygen atoms in total. The monoisotopic (exact) mass is 246 g/mol. The van der Waals surface area contributed by atoms with Gasteiger partial charge in [0.2, 0.25) is 0 Å². The first-order chi connectivity index (χ1) is 7.76. The van der Waals surface area contributed by atoms with Crippen molar-refractivity contribution in [2.45, 2.75) is 45.3 Å². The van der Waals surface area contributed by atoms with Gasteiger partial charge in [-0.1, -0.05) is 0 Å². The van der Waals surface area contributed by atoms with E-state index in [9.17, 15) is 9.59 Å². The van der Waals surface area contributed by atoms with Gasteiger partial charge in [-0.25, -0.2) is 4.79 Å². The fraction of sp³-hybridized carbons (Fsp3) is 0.818. The van der Waals surface area contributed by atoms with E-state index in [1.54, 1.807) is 14.0 Å². The predicted octanol–water partition coefficient (Wildman–Crippen LogP) is 0.964. The number of hydrogen-bond acceptors (Lipinski definition) is 3. The number of carboxylic acid groups (broad SMARTS) is 1. The molecule has 0 heterocycles. The van der Waals surface area contributed by atoms with Crippen LogP contribution in [0.15, 0.2) is 0 Å². The first kappa shape index (κ1) is 15.7. The molecule has 0 aromatic heterocycles. The Morgan fingerprint density at radius 3 is 2.47 bits per heavy atom. The second-order valence-electron chi connectivity index (χ2n) is 4.62. The molecule has 0 saturated carbocycles. The summed E-state index contributed by atoms with van der Waals surface area (Å²) in [5, 5.41) is 13.8. The van der Waals surface area contributed by atoms with Crippen LogP contribution in [-0.4, -0.2) is 42.4 Å². The molecule has 2 amide bonds. The third-order valence-corrected chi connectivity index (χ3v) is 2.40. The molecule has 0 spiro atoms. The largest absolute Gasteiger partial charge is 0.481 e. The third-order valence-electron chi connectivity index (χ3n) is 2.40. The van der Waals surface area contributed by atoms with Crippen LogP contribution in [0.5, 0.6) is 0 Å². The number of carbonyl (C=O) groups excluding carboxylic acids is 1. The first-order valence-electron chi connectivity index (χ1n) is 5.58. The minimum absolute atomic E-state index is 0.0466. The topological polar surface area (TPSA) is 87.7 Å². The van der Waals surface area contributed by atoms with Crippen molar-refractivity contribution in [1.29, 1.82) is 0 Å². The summed E-state index contributed by atoms with van der Waals surface area (Å²) in [7, 11) is 1.58. The number of ether oxygens (including phenoxy) is 1. The molecule has 0 fully saturated rings. The Labute approximate surface area is 102 Å². The van der Waals surface area contributed by atoms with Gasteiger partial charge in [-0.15, -0.1) is 0 Å². The van der Waals surface area contributed by atoms with Crippen LogP contribution in [0.1, 0.15) is 33.6 Å². The van der Waals surface area contributed by atoms with Gasteiger partial charge < -0.3 is 20.5 Å². The minimum Gasteiger partial charge on any atom is -0.481 e. The van der Waals surface area contributed by atoms with Crippen molar-refractivity contribution in [3.63, 3.8) is 0 Å². The number of aliphatic carboxylic acids is 1. The van der Waals surface area contributed by atoms with Gasteiger partial charge in [0, 0.05) is 26.1 Å². The van der Waals surface area contributed by atoms with Gasteiger partial charge in [-0.2, -0.15) is 0 Å². The molecule has 0 saturated heterocycles. The van der Waals surface area contributed by atoms with Gasteiger partial charge in [-0.05, 0) is 27.2 Å². The maximum absolute atomic E-state index is 11.4. The number of carbonyl (C=O) groups is 2. The molecule has 0 aliphatic rings. The van der Waals surface area contributed by atoms with Crippen molar-refractivity contribution >= 4 is 12.0 Å². The highest BCUT2D eigenvalue weighted by Crippen LogP contribution is 2.04. The molecule has 0 bridgehead atoms. The number of nitrogens with one attached hydrogen (secondary N) is 2. The van der Waals surface area contributed by atoms with Crippen LogP contribution in [0.25, 0.3) is 0 Å². The standard InChI is InChI=1S/C11H22N2O4/c1-8(5-6-9(14)15)13-10(16)12-7-11(2,3)17-4/h8H,5-7H2,1-4H3,(H,14,15)(H2,12,13,16). The van der Waals surface area contributed by atoms with Crippen molar-refractivity contribution in [3.05, 3.63) is 0 Å². The van der Waals surface area contributed by atoms with E-state index in [1.165, 1.54) is 0 Å². The Hall–Kier alpha value is -1.30. The van der Waals surface area contributed by atoms with Crippen molar-refractivity contribution in [1.82, 2.24) is 10.6 Å². The lowest BCUT2D eigenvalue weighted by Crippen LogP contribution is -2.46. The molecular formula is C11H22N2O4. The van der Waals surface area contributed by atoms with Crippen LogP contribution in [0.2, 0.25) is 0 Å². The summed E-state index contributed by atoms with van der Waals surface area (Å²) < 4.78 is 5.15.